The van der Waals surface area contributed by atoms with E-state index in [2.05, 4.69) is 5.32 Å². The molecule has 0 bridgehead atoms. The standard InChI is InChI=1S/C15H17NO5/c1-3-9-6-13(18)21-14-10(9)4-5-12(17)11(14)7-16-8(2)15(19)20/h4-6,8,16-17H,3,7H2,1-2H3,(H,19,20)/t8-/m1/s1. The molecule has 1 aromatic carbocycles. The number of aryl methyl sites for hydroxylation is 1. The maximum atomic E-state index is 11.6. The van der Waals surface area contributed by atoms with Crippen LogP contribution in [0.3, 0.4) is 0 Å². The van der Waals surface area contributed by atoms with Gasteiger partial charge in [-0.2, -0.15) is 0 Å². The van der Waals surface area contributed by atoms with Crippen LogP contribution in [0.15, 0.2) is 27.4 Å². The first-order valence-electron chi connectivity index (χ1n) is 6.67. The quantitative estimate of drug-likeness (QED) is 0.724. The van der Waals surface area contributed by atoms with Crippen LogP contribution in [0.5, 0.6) is 5.75 Å². The number of hydrogen-bond acceptors (Lipinski definition) is 5. The SMILES string of the molecule is CCc1cc(=O)oc2c(CN[C@H](C)C(=O)O)c(O)ccc12. The summed E-state index contributed by atoms with van der Waals surface area (Å²) in [6.07, 6.45) is 0.658. The van der Waals surface area contributed by atoms with Gasteiger partial charge in [-0.3, -0.25) is 4.79 Å². The van der Waals surface area contributed by atoms with Gasteiger partial charge in [-0.25, -0.2) is 4.79 Å². The van der Waals surface area contributed by atoms with Crippen molar-refractivity contribution < 1.29 is 19.4 Å². The number of phenols is 1. The monoisotopic (exact) mass is 291 g/mol. The van der Waals surface area contributed by atoms with E-state index < -0.39 is 17.6 Å². The first-order chi connectivity index (χ1) is 9.93. The molecule has 0 unspecified atom stereocenters. The molecule has 6 heteroatoms. The number of nitrogens with one attached hydrogen (secondary N) is 1. The molecule has 1 atom stereocenters. The van der Waals surface area contributed by atoms with Gasteiger partial charge in [-0.1, -0.05) is 6.92 Å². The molecule has 0 saturated carbocycles. The topological polar surface area (TPSA) is 99.8 Å². The predicted octanol–water partition coefficient (Wildman–Crippen LogP) is 1.62. The largest absolute Gasteiger partial charge is 0.507 e. The van der Waals surface area contributed by atoms with Gasteiger partial charge in [-0.05, 0) is 31.0 Å². The maximum Gasteiger partial charge on any atom is 0.336 e. The predicted molar refractivity (Wildman–Crippen MR) is 77.5 cm³/mol. The lowest BCUT2D eigenvalue weighted by molar-refractivity contribution is -0.139. The molecular formula is C15H17NO5. The van der Waals surface area contributed by atoms with Crippen LogP contribution in [-0.2, 0) is 17.8 Å². The highest BCUT2D eigenvalue weighted by Crippen LogP contribution is 2.28. The van der Waals surface area contributed by atoms with Gasteiger partial charge in [-0.15, -0.1) is 0 Å². The second-order valence-corrected chi connectivity index (χ2v) is 4.82. The zero-order valence-corrected chi connectivity index (χ0v) is 11.8. The highest BCUT2D eigenvalue weighted by molar-refractivity contribution is 5.85. The lowest BCUT2D eigenvalue weighted by Crippen LogP contribution is -2.33. The van der Waals surface area contributed by atoms with E-state index in [9.17, 15) is 14.7 Å². The Kier molecular flexibility index (Phi) is 4.28. The van der Waals surface area contributed by atoms with Crippen molar-refractivity contribution in [2.45, 2.75) is 32.9 Å². The highest BCUT2D eigenvalue weighted by atomic mass is 16.4. The average Bonchev–Trinajstić information content (AvgIpc) is 2.44. The molecule has 0 aliphatic carbocycles. The molecule has 1 heterocycles. The Labute approximate surface area is 121 Å². The zero-order valence-electron chi connectivity index (χ0n) is 11.8. The molecule has 0 spiro atoms. The van der Waals surface area contributed by atoms with Gasteiger partial charge >= 0.3 is 11.6 Å². The second-order valence-electron chi connectivity index (χ2n) is 4.82. The number of aromatic hydroxyl groups is 1. The van der Waals surface area contributed by atoms with Gasteiger partial charge in [0.15, 0.2) is 0 Å². The van der Waals surface area contributed by atoms with Crippen LogP contribution < -0.4 is 10.9 Å². The third kappa shape index (κ3) is 3.05. The number of carboxylic acid groups (broad SMARTS) is 1. The van der Waals surface area contributed by atoms with Crippen molar-refractivity contribution >= 4 is 16.9 Å². The summed E-state index contributed by atoms with van der Waals surface area (Å²) in [7, 11) is 0. The zero-order chi connectivity index (χ0) is 15.6. The van der Waals surface area contributed by atoms with Crippen molar-refractivity contribution in [1.29, 1.82) is 0 Å². The van der Waals surface area contributed by atoms with E-state index in [0.717, 1.165) is 10.9 Å². The van der Waals surface area contributed by atoms with Crippen molar-refractivity contribution in [3.63, 3.8) is 0 Å². The van der Waals surface area contributed by atoms with Gasteiger partial charge < -0.3 is 19.9 Å². The normalized spacial score (nSPS) is 12.5. The van der Waals surface area contributed by atoms with E-state index >= 15 is 0 Å². The number of carbonyl (C=O) groups is 1. The van der Waals surface area contributed by atoms with E-state index in [4.69, 9.17) is 9.52 Å². The molecule has 0 amide bonds. The van der Waals surface area contributed by atoms with Crippen LogP contribution in [0.25, 0.3) is 11.0 Å². The van der Waals surface area contributed by atoms with Crippen LogP contribution in [0, 0.1) is 0 Å². The fourth-order valence-corrected chi connectivity index (χ4v) is 2.14. The van der Waals surface area contributed by atoms with Crippen LogP contribution in [0.2, 0.25) is 0 Å². The molecule has 21 heavy (non-hydrogen) atoms. The molecule has 0 saturated heterocycles. The Morgan fingerprint density at radius 3 is 2.76 bits per heavy atom. The highest BCUT2D eigenvalue weighted by Gasteiger charge is 2.16. The van der Waals surface area contributed by atoms with Gasteiger partial charge in [0.1, 0.15) is 17.4 Å². The van der Waals surface area contributed by atoms with Crippen molar-refractivity contribution in [3.05, 3.63) is 39.7 Å². The molecule has 2 aromatic rings. The number of benzene rings is 1. The molecule has 2 rings (SSSR count). The van der Waals surface area contributed by atoms with Crippen LogP contribution >= 0.6 is 0 Å². The lowest BCUT2D eigenvalue weighted by atomic mass is 10.0. The van der Waals surface area contributed by atoms with Gasteiger partial charge in [0, 0.05) is 18.0 Å². The van der Waals surface area contributed by atoms with Crippen molar-refractivity contribution in [1.82, 2.24) is 5.32 Å². The Morgan fingerprint density at radius 2 is 2.14 bits per heavy atom. The molecular weight excluding hydrogens is 274 g/mol. The third-order valence-corrected chi connectivity index (χ3v) is 3.41. The van der Waals surface area contributed by atoms with Crippen LogP contribution in [-0.4, -0.2) is 22.2 Å². The smallest absolute Gasteiger partial charge is 0.336 e. The summed E-state index contributed by atoms with van der Waals surface area (Å²) >= 11 is 0. The number of phenolic OH excluding ortho intramolecular Hbond substituents is 1. The molecule has 0 aliphatic rings. The molecule has 0 aliphatic heterocycles. The summed E-state index contributed by atoms with van der Waals surface area (Å²) in [6, 6.07) is 3.86. The summed E-state index contributed by atoms with van der Waals surface area (Å²) in [5.74, 6) is -1.03. The van der Waals surface area contributed by atoms with E-state index in [0.29, 0.717) is 17.6 Å². The Hall–Kier alpha value is -2.34. The van der Waals surface area contributed by atoms with Crippen molar-refractivity contribution in [3.8, 4) is 5.75 Å². The summed E-state index contributed by atoms with van der Waals surface area (Å²) in [4.78, 5) is 22.4. The number of carboxylic acids is 1. The molecule has 3 N–H and O–H groups in total. The number of hydrogen-bond donors (Lipinski definition) is 3. The molecule has 0 radical (unpaired) electrons. The summed E-state index contributed by atoms with van der Waals surface area (Å²) in [5.41, 5.74) is 1.02. The van der Waals surface area contributed by atoms with Gasteiger partial charge in [0.05, 0.1) is 5.56 Å². The van der Waals surface area contributed by atoms with Crippen LogP contribution in [0.4, 0.5) is 0 Å². The first kappa shape index (κ1) is 15.1. The minimum atomic E-state index is -0.995. The Balaban J connectivity index is 2.51. The van der Waals surface area contributed by atoms with Crippen molar-refractivity contribution in [2.75, 3.05) is 0 Å². The lowest BCUT2D eigenvalue weighted by Gasteiger charge is -2.13. The number of rotatable bonds is 5. The van der Waals surface area contributed by atoms with E-state index in [1.807, 2.05) is 6.92 Å². The number of aliphatic carboxylic acids is 1. The number of fused-ring (bicyclic) bond motifs is 1. The second kappa shape index (κ2) is 5.97. The minimum Gasteiger partial charge on any atom is -0.507 e. The summed E-state index contributed by atoms with van der Waals surface area (Å²) < 4.78 is 5.21. The fraction of sp³-hybridized carbons (Fsp3) is 0.333. The van der Waals surface area contributed by atoms with E-state index in [-0.39, 0.29) is 12.3 Å². The first-order valence-corrected chi connectivity index (χ1v) is 6.67. The maximum absolute atomic E-state index is 11.6. The Bertz CT molecular complexity index is 735. The fourth-order valence-electron chi connectivity index (χ4n) is 2.14. The van der Waals surface area contributed by atoms with Gasteiger partial charge in [0.25, 0.3) is 0 Å². The molecule has 6 nitrogen and oxygen atoms in total. The average molecular weight is 291 g/mol. The Morgan fingerprint density at radius 1 is 1.43 bits per heavy atom. The summed E-state index contributed by atoms with van der Waals surface area (Å²) in [5, 5.41) is 22.3. The minimum absolute atomic E-state index is 0.0380. The molecule has 112 valence electrons. The van der Waals surface area contributed by atoms with Gasteiger partial charge in [0.2, 0.25) is 0 Å². The summed E-state index contributed by atoms with van der Waals surface area (Å²) in [6.45, 7) is 3.51. The van der Waals surface area contributed by atoms with Crippen LogP contribution in [0.1, 0.15) is 25.0 Å². The third-order valence-electron chi connectivity index (χ3n) is 3.41. The molecule has 0 fully saturated rings. The van der Waals surface area contributed by atoms with E-state index in [1.165, 1.54) is 19.1 Å². The molecule has 1 aromatic heterocycles. The van der Waals surface area contributed by atoms with Crippen molar-refractivity contribution in [2.24, 2.45) is 0 Å². The van der Waals surface area contributed by atoms with E-state index in [1.54, 1.807) is 6.07 Å².